The van der Waals surface area contributed by atoms with E-state index in [0.29, 0.717) is 25.5 Å². The molecule has 0 bridgehead atoms. The Hall–Kier alpha value is -2.32. The molecule has 2 aromatic carbocycles. The van der Waals surface area contributed by atoms with Crippen LogP contribution in [0, 0.1) is 0 Å². The van der Waals surface area contributed by atoms with Crippen LogP contribution in [0.2, 0.25) is 15.1 Å². The summed E-state index contributed by atoms with van der Waals surface area (Å²) in [5.41, 5.74) is 0.679. The summed E-state index contributed by atoms with van der Waals surface area (Å²) in [5, 5.41) is 7.14. The number of hydrogen-bond acceptors (Lipinski definition) is 5. The molecule has 0 spiro atoms. The van der Waals surface area contributed by atoms with Gasteiger partial charge in [0.05, 0.1) is 11.1 Å². The van der Waals surface area contributed by atoms with E-state index in [1.54, 1.807) is 25.1 Å². The number of hydrogen-bond donors (Lipinski definition) is 2. The zero-order valence-electron chi connectivity index (χ0n) is 16.2. The molecule has 0 aliphatic carbocycles. The number of benzene rings is 2. The second-order valence-corrected chi connectivity index (χ2v) is 8.81. The van der Waals surface area contributed by atoms with Crippen LogP contribution in [0.1, 0.15) is 28.2 Å². The van der Waals surface area contributed by atoms with Crippen LogP contribution in [0.5, 0.6) is 0 Å². The number of rotatable bonds is 7. The standard InChI is InChI=1S/C21H17Cl3N2O4S/c1-11(13-7-6-12(22)8-15(13)23)26-17(27)10-30-18(28)9-25-21(29)20-19(24)14-4-2-3-5-16(14)31-20/h2-8,11H,9-10H2,1H3,(H,25,29)(H,26,27). The van der Waals surface area contributed by atoms with Gasteiger partial charge in [0.1, 0.15) is 11.4 Å². The first kappa shape index (κ1) is 23.3. The van der Waals surface area contributed by atoms with Crippen LogP contribution >= 0.6 is 46.1 Å². The SMILES string of the molecule is CC(NC(=O)COC(=O)CNC(=O)c1sc2ccccc2c1Cl)c1ccc(Cl)cc1Cl. The molecule has 0 saturated heterocycles. The molecule has 3 aromatic rings. The topological polar surface area (TPSA) is 84.5 Å². The van der Waals surface area contributed by atoms with Crippen LogP contribution in [0.25, 0.3) is 10.1 Å². The van der Waals surface area contributed by atoms with Gasteiger partial charge >= 0.3 is 5.97 Å². The molecule has 0 aliphatic rings. The number of nitrogens with one attached hydrogen (secondary N) is 2. The summed E-state index contributed by atoms with van der Waals surface area (Å²) in [7, 11) is 0. The van der Waals surface area contributed by atoms with E-state index in [9.17, 15) is 14.4 Å². The molecular weight excluding hydrogens is 483 g/mol. The van der Waals surface area contributed by atoms with Gasteiger partial charge in [-0.1, -0.05) is 59.1 Å². The molecule has 2 N–H and O–H groups in total. The zero-order valence-corrected chi connectivity index (χ0v) is 19.3. The highest BCUT2D eigenvalue weighted by Crippen LogP contribution is 2.34. The lowest BCUT2D eigenvalue weighted by Crippen LogP contribution is -2.34. The lowest BCUT2D eigenvalue weighted by atomic mass is 10.1. The van der Waals surface area contributed by atoms with Crippen molar-refractivity contribution in [1.29, 1.82) is 0 Å². The molecule has 2 amide bonds. The number of amides is 2. The molecular formula is C21H17Cl3N2O4S. The lowest BCUT2D eigenvalue weighted by molar-refractivity contribution is -0.147. The Morgan fingerprint density at radius 2 is 1.84 bits per heavy atom. The van der Waals surface area contributed by atoms with Gasteiger partial charge in [-0.25, -0.2) is 0 Å². The number of carbonyl (C=O) groups is 3. The maximum atomic E-state index is 12.3. The van der Waals surface area contributed by atoms with Crippen molar-refractivity contribution in [3.8, 4) is 0 Å². The average molecular weight is 500 g/mol. The van der Waals surface area contributed by atoms with Crippen LogP contribution in [0.4, 0.5) is 0 Å². The minimum Gasteiger partial charge on any atom is -0.454 e. The van der Waals surface area contributed by atoms with Crippen molar-refractivity contribution in [2.75, 3.05) is 13.2 Å². The third kappa shape index (κ3) is 5.89. The largest absolute Gasteiger partial charge is 0.454 e. The smallest absolute Gasteiger partial charge is 0.325 e. The maximum absolute atomic E-state index is 12.3. The minimum atomic E-state index is -0.752. The van der Waals surface area contributed by atoms with Crippen molar-refractivity contribution in [2.45, 2.75) is 13.0 Å². The van der Waals surface area contributed by atoms with Crippen molar-refractivity contribution in [2.24, 2.45) is 0 Å². The summed E-state index contributed by atoms with van der Waals surface area (Å²) in [6.07, 6.45) is 0. The molecule has 1 unspecified atom stereocenters. The third-order valence-corrected chi connectivity index (χ3v) is 6.54. The fraction of sp³-hybridized carbons (Fsp3) is 0.190. The van der Waals surface area contributed by atoms with Gasteiger partial charge in [0.15, 0.2) is 6.61 Å². The van der Waals surface area contributed by atoms with Crippen molar-refractivity contribution in [3.63, 3.8) is 0 Å². The number of ether oxygens (including phenoxy) is 1. The summed E-state index contributed by atoms with van der Waals surface area (Å²) in [6.45, 7) is 0.854. The van der Waals surface area contributed by atoms with Crippen LogP contribution in [0.3, 0.4) is 0 Å². The van der Waals surface area contributed by atoms with E-state index >= 15 is 0 Å². The van der Waals surface area contributed by atoms with Crippen LogP contribution < -0.4 is 10.6 Å². The predicted molar refractivity (Wildman–Crippen MR) is 123 cm³/mol. The molecule has 31 heavy (non-hydrogen) atoms. The average Bonchev–Trinajstić information content (AvgIpc) is 3.07. The normalized spacial score (nSPS) is 11.7. The summed E-state index contributed by atoms with van der Waals surface area (Å²) in [4.78, 5) is 36.6. The minimum absolute atomic E-state index is 0.307. The molecule has 10 heteroatoms. The Morgan fingerprint density at radius 1 is 1.10 bits per heavy atom. The second-order valence-electron chi connectivity index (χ2n) is 6.54. The van der Waals surface area contributed by atoms with Gasteiger partial charge in [-0.05, 0) is 30.7 Å². The summed E-state index contributed by atoms with van der Waals surface area (Å²) >= 11 is 19.5. The second kappa shape index (κ2) is 10.3. The third-order valence-electron chi connectivity index (χ3n) is 4.31. The van der Waals surface area contributed by atoms with Crippen LogP contribution in [0.15, 0.2) is 42.5 Å². The van der Waals surface area contributed by atoms with E-state index < -0.39 is 37.0 Å². The zero-order chi connectivity index (χ0) is 22.5. The number of fused-ring (bicyclic) bond motifs is 1. The van der Waals surface area contributed by atoms with Gasteiger partial charge in [0.25, 0.3) is 11.8 Å². The van der Waals surface area contributed by atoms with Crippen molar-refractivity contribution >= 4 is 74.0 Å². The van der Waals surface area contributed by atoms with E-state index in [1.165, 1.54) is 11.3 Å². The maximum Gasteiger partial charge on any atom is 0.325 e. The first-order chi connectivity index (χ1) is 14.8. The van der Waals surface area contributed by atoms with Crippen molar-refractivity contribution in [1.82, 2.24) is 10.6 Å². The van der Waals surface area contributed by atoms with Gasteiger partial charge < -0.3 is 15.4 Å². The highest BCUT2D eigenvalue weighted by atomic mass is 35.5. The van der Waals surface area contributed by atoms with Gasteiger partial charge in [0.2, 0.25) is 0 Å². The molecule has 0 aliphatic heterocycles. The van der Waals surface area contributed by atoms with Crippen LogP contribution in [-0.4, -0.2) is 30.9 Å². The number of halogens is 3. The van der Waals surface area contributed by atoms with E-state index in [1.807, 2.05) is 24.3 Å². The Kier molecular flexibility index (Phi) is 7.78. The summed E-state index contributed by atoms with van der Waals surface area (Å²) in [6, 6.07) is 11.9. The van der Waals surface area contributed by atoms with Gasteiger partial charge in [-0.3, -0.25) is 14.4 Å². The van der Waals surface area contributed by atoms with E-state index in [4.69, 9.17) is 39.5 Å². The number of carbonyl (C=O) groups excluding carboxylic acids is 3. The van der Waals surface area contributed by atoms with E-state index in [0.717, 1.165) is 10.1 Å². The molecule has 1 atom stereocenters. The van der Waals surface area contributed by atoms with E-state index in [-0.39, 0.29) is 0 Å². The van der Waals surface area contributed by atoms with Crippen molar-refractivity contribution < 1.29 is 19.1 Å². The first-order valence-electron chi connectivity index (χ1n) is 9.11. The number of esters is 1. The molecule has 1 aromatic heterocycles. The molecule has 0 radical (unpaired) electrons. The molecule has 162 valence electrons. The summed E-state index contributed by atoms with van der Waals surface area (Å²) < 4.78 is 5.78. The fourth-order valence-corrected chi connectivity index (χ4v) is 4.81. The Balaban J connectivity index is 1.46. The highest BCUT2D eigenvalue weighted by Gasteiger charge is 2.19. The van der Waals surface area contributed by atoms with Gasteiger partial charge in [-0.15, -0.1) is 11.3 Å². The van der Waals surface area contributed by atoms with Crippen molar-refractivity contribution in [3.05, 3.63) is 68.0 Å². The molecule has 6 nitrogen and oxygen atoms in total. The molecule has 0 fully saturated rings. The predicted octanol–water partition coefficient (Wildman–Crippen LogP) is 5.01. The fourth-order valence-electron chi connectivity index (χ4n) is 2.80. The Labute approximate surface area is 197 Å². The van der Waals surface area contributed by atoms with Gasteiger partial charge in [-0.2, -0.15) is 0 Å². The number of thiophene rings is 1. The van der Waals surface area contributed by atoms with Gasteiger partial charge in [0, 0.05) is 20.1 Å². The highest BCUT2D eigenvalue weighted by molar-refractivity contribution is 7.21. The van der Waals surface area contributed by atoms with E-state index in [2.05, 4.69) is 10.6 Å². The Bertz CT molecular complexity index is 1150. The lowest BCUT2D eigenvalue weighted by Gasteiger charge is -2.16. The first-order valence-corrected chi connectivity index (χ1v) is 11.1. The molecule has 0 saturated carbocycles. The Morgan fingerprint density at radius 3 is 2.55 bits per heavy atom. The quantitative estimate of drug-likeness (QED) is 0.448. The monoisotopic (exact) mass is 498 g/mol. The van der Waals surface area contributed by atoms with Crippen LogP contribution in [-0.2, 0) is 14.3 Å². The molecule has 1 heterocycles. The molecule has 3 rings (SSSR count). The summed E-state index contributed by atoms with van der Waals surface area (Å²) in [5.74, 6) is -1.75.